The highest BCUT2D eigenvalue weighted by Crippen LogP contribution is 2.38. The molecule has 38 heavy (non-hydrogen) atoms. The van der Waals surface area contributed by atoms with Gasteiger partial charge in [0, 0.05) is 16.3 Å². The van der Waals surface area contributed by atoms with E-state index in [0.29, 0.717) is 5.02 Å². The fourth-order valence-electron chi connectivity index (χ4n) is 4.87. The zero-order valence-corrected chi connectivity index (χ0v) is 23.3. The molecule has 3 aromatic carbocycles. The molecule has 5 heteroatoms. The first-order valence-corrected chi connectivity index (χ1v) is 14.8. The summed E-state index contributed by atoms with van der Waals surface area (Å²) in [7, 11) is 0. The number of halogens is 1. The standard InChI is InChI=1S/C33H34ClNO2S/c1-33(37,22-36)31-8-3-2-7-30(31)29(17-18-38-21-24-9-10-24)26-6-4-5-23(19-26)11-15-28-16-13-25-12-14-27(34)20-32(25)35-28/h2-8,11-16,19-20,24,29,36-37H,9-10,17-18,21-22H2,1H3/t29-,33+/m1/s1. The molecule has 0 saturated heterocycles. The molecule has 1 aliphatic rings. The van der Waals surface area contributed by atoms with Crippen LogP contribution >= 0.6 is 23.4 Å². The van der Waals surface area contributed by atoms with Gasteiger partial charge in [0.2, 0.25) is 0 Å². The van der Waals surface area contributed by atoms with Crippen molar-refractivity contribution in [1.29, 1.82) is 0 Å². The first-order valence-electron chi connectivity index (χ1n) is 13.3. The van der Waals surface area contributed by atoms with E-state index < -0.39 is 5.60 Å². The van der Waals surface area contributed by atoms with Crippen LogP contribution in [0.5, 0.6) is 0 Å². The number of benzene rings is 3. The summed E-state index contributed by atoms with van der Waals surface area (Å²) in [5.74, 6) is 3.30. The Labute approximate surface area is 234 Å². The number of hydrogen-bond acceptors (Lipinski definition) is 4. The first kappa shape index (κ1) is 27.0. The minimum absolute atomic E-state index is 0.116. The molecule has 196 valence electrons. The quantitative estimate of drug-likeness (QED) is 0.189. The van der Waals surface area contributed by atoms with Crippen LogP contribution in [0, 0.1) is 5.92 Å². The van der Waals surface area contributed by atoms with Gasteiger partial charge in [-0.05, 0) is 90.1 Å². The molecule has 1 aromatic heterocycles. The van der Waals surface area contributed by atoms with Crippen LogP contribution in [-0.4, -0.2) is 33.3 Å². The third-order valence-electron chi connectivity index (χ3n) is 7.26. The SMILES string of the molecule is C[C@](O)(CO)c1ccccc1[C@H](CCSCC1CC1)c1cccc(C=Cc2ccc3ccc(Cl)cc3n2)c1. The predicted octanol–water partition coefficient (Wildman–Crippen LogP) is 7.92. The van der Waals surface area contributed by atoms with E-state index in [-0.39, 0.29) is 12.5 Å². The van der Waals surface area contributed by atoms with Crippen LogP contribution in [0.1, 0.15) is 60.1 Å². The van der Waals surface area contributed by atoms with Crippen LogP contribution in [0.15, 0.2) is 78.9 Å². The number of pyridine rings is 1. The van der Waals surface area contributed by atoms with Crippen LogP contribution in [0.4, 0.5) is 0 Å². The molecule has 1 fully saturated rings. The lowest BCUT2D eigenvalue weighted by Crippen LogP contribution is -2.28. The predicted molar refractivity (Wildman–Crippen MR) is 162 cm³/mol. The van der Waals surface area contributed by atoms with E-state index in [1.807, 2.05) is 60.3 Å². The lowest BCUT2D eigenvalue weighted by atomic mass is 9.81. The molecule has 2 atom stereocenters. The maximum Gasteiger partial charge on any atom is 0.110 e. The first-order chi connectivity index (χ1) is 18.4. The summed E-state index contributed by atoms with van der Waals surface area (Å²) in [6.07, 6.45) is 7.83. The normalized spacial score (nSPS) is 16.1. The second-order valence-electron chi connectivity index (χ2n) is 10.5. The van der Waals surface area contributed by atoms with E-state index in [1.54, 1.807) is 6.92 Å². The Morgan fingerprint density at radius 3 is 2.66 bits per heavy atom. The number of aromatic nitrogens is 1. The average molecular weight is 544 g/mol. The molecular formula is C33H34ClNO2S. The maximum atomic E-state index is 11.0. The van der Waals surface area contributed by atoms with Crippen LogP contribution in [-0.2, 0) is 5.60 Å². The zero-order chi connectivity index (χ0) is 26.5. The summed E-state index contributed by atoms with van der Waals surface area (Å²) in [6.45, 7) is 1.37. The number of fused-ring (bicyclic) bond motifs is 1. The Hall–Kier alpha value is -2.63. The monoisotopic (exact) mass is 543 g/mol. The van der Waals surface area contributed by atoms with E-state index in [2.05, 4.69) is 42.5 Å². The molecule has 5 rings (SSSR count). The Morgan fingerprint density at radius 1 is 1.03 bits per heavy atom. The van der Waals surface area contributed by atoms with Crippen LogP contribution < -0.4 is 0 Å². The third-order valence-corrected chi connectivity index (χ3v) is 8.73. The summed E-state index contributed by atoms with van der Waals surface area (Å²) >= 11 is 8.20. The van der Waals surface area contributed by atoms with Crippen molar-refractivity contribution in [3.05, 3.63) is 112 Å². The van der Waals surface area contributed by atoms with Crippen LogP contribution in [0.2, 0.25) is 5.02 Å². The van der Waals surface area contributed by atoms with E-state index in [1.165, 1.54) is 24.2 Å². The molecule has 2 N–H and O–H groups in total. The van der Waals surface area contributed by atoms with Gasteiger partial charge in [-0.15, -0.1) is 0 Å². The van der Waals surface area contributed by atoms with Gasteiger partial charge in [0.05, 0.1) is 17.8 Å². The van der Waals surface area contributed by atoms with Crippen LogP contribution in [0.25, 0.3) is 23.1 Å². The van der Waals surface area contributed by atoms with Crippen molar-refractivity contribution in [2.24, 2.45) is 5.92 Å². The summed E-state index contributed by atoms with van der Waals surface area (Å²) < 4.78 is 0. The summed E-state index contributed by atoms with van der Waals surface area (Å²) in [5, 5.41) is 22.7. The number of aliphatic hydroxyl groups excluding tert-OH is 1. The van der Waals surface area contributed by atoms with Gasteiger partial charge in [-0.25, -0.2) is 4.98 Å². The average Bonchev–Trinajstić information content (AvgIpc) is 3.76. The molecule has 0 bridgehead atoms. The molecular weight excluding hydrogens is 510 g/mol. The second kappa shape index (κ2) is 12.0. The molecule has 0 spiro atoms. The largest absolute Gasteiger partial charge is 0.393 e. The van der Waals surface area contributed by atoms with Gasteiger partial charge in [0.15, 0.2) is 0 Å². The lowest BCUT2D eigenvalue weighted by Gasteiger charge is -2.28. The van der Waals surface area contributed by atoms with E-state index >= 15 is 0 Å². The van der Waals surface area contributed by atoms with Gasteiger partial charge in [0.1, 0.15) is 5.60 Å². The molecule has 1 aliphatic carbocycles. The Morgan fingerprint density at radius 2 is 1.84 bits per heavy atom. The Bertz CT molecular complexity index is 1430. The number of nitrogens with zero attached hydrogens (tertiary/aromatic N) is 1. The Balaban J connectivity index is 1.43. The number of aliphatic hydroxyl groups is 2. The van der Waals surface area contributed by atoms with Crippen molar-refractivity contribution in [2.45, 2.75) is 37.7 Å². The molecule has 1 heterocycles. The topological polar surface area (TPSA) is 53.4 Å². The van der Waals surface area contributed by atoms with Crippen LogP contribution in [0.3, 0.4) is 0 Å². The number of hydrogen-bond donors (Lipinski definition) is 2. The smallest absolute Gasteiger partial charge is 0.110 e. The zero-order valence-electron chi connectivity index (χ0n) is 21.7. The van der Waals surface area contributed by atoms with Gasteiger partial charge in [-0.2, -0.15) is 11.8 Å². The summed E-state index contributed by atoms with van der Waals surface area (Å²) in [5.41, 5.74) is 4.63. The van der Waals surface area contributed by atoms with E-state index in [9.17, 15) is 10.2 Å². The summed E-state index contributed by atoms with van der Waals surface area (Å²) in [6, 6.07) is 26.4. The highest BCUT2D eigenvalue weighted by atomic mass is 35.5. The third kappa shape index (κ3) is 6.68. The molecule has 0 aliphatic heterocycles. The maximum absolute atomic E-state index is 11.0. The number of thioether (sulfide) groups is 1. The molecule has 3 nitrogen and oxygen atoms in total. The van der Waals surface area contributed by atoms with E-state index in [0.717, 1.165) is 51.4 Å². The van der Waals surface area contributed by atoms with Gasteiger partial charge < -0.3 is 10.2 Å². The molecule has 4 aromatic rings. The molecule has 0 unspecified atom stereocenters. The minimum Gasteiger partial charge on any atom is -0.393 e. The summed E-state index contributed by atoms with van der Waals surface area (Å²) in [4.78, 5) is 4.75. The lowest BCUT2D eigenvalue weighted by molar-refractivity contribution is -0.00314. The van der Waals surface area contributed by atoms with Crippen molar-refractivity contribution < 1.29 is 10.2 Å². The van der Waals surface area contributed by atoms with Crippen molar-refractivity contribution >= 4 is 46.4 Å². The fraction of sp³-hybridized carbons (Fsp3) is 0.303. The number of rotatable bonds is 11. The van der Waals surface area contributed by atoms with Gasteiger partial charge >= 0.3 is 0 Å². The highest BCUT2D eigenvalue weighted by Gasteiger charge is 2.29. The molecule has 0 amide bonds. The fourth-order valence-corrected chi connectivity index (χ4v) is 6.28. The Kier molecular flexibility index (Phi) is 8.54. The van der Waals surface area contributed by atoms with Gasteiger partial charge in [-0.1, -0.05) is 78.3 Å². The highest BCUT2D eigenvalue weighted by molar-refractivity contribution is 7.99. The van der Waals surface area contributed by atoms with Gasteiger partial charge in [0.25, 0.3) is 0 Å². The van der Waals surface area contributed by atoms with Gasteiger partial charge in [-0.3, -0.25) is 0 Å². The van der Waals surface area contributed by atoms with Crippen molar-refractivity contribution in [3.8, 4) is 0 Å². The van der Waals surface area contributed by atoms with Crippen molar-refractivity contribution in [2.75, 3.05) is 18.1 Å². The van der Waals surface area contributed by atoms with E-state index in [4.69, 9.17) is 16.6 Å². The van der Waals surface area contributed by atoms with Crippen molar-refractivity contribution in [1.82, 2.24) is 4.98 Å². The minimum atomic E-state index is -1.29. The second-order valence-corrected chi connectivity index (χ2v) is 12.0. The molecule has 0 radical (unpaired) electrons. The molecule has 1 saturated carbocycles. The van der Waals surface area contributed by atoms with Crippen molar-refractivity contribution in [3.63, 3.8) is 0 Å².